The molecule has 0 radical (unpaired) electrons. The number of nitrogens with zero attached hydrogens (tertiary/aromatic N) is 1. The van der Waals surface area contributed by atoms with Crippen LogP contribution in [0.3, 0.4) is 0 Å². The number of nitrogens with two attached hydrogens (primary N) is 1. The highest BCUT2D eigenvalue weighted by Crippen LogP contribution is 2.30. The van der Waals surface area contributed by atoms with Crippen LogP contribution in [0.25, 0.3) is 21.9 Å². The van der Waals surface area contributed by atoms with Crippen LogP contribution >= 0.6 is 0 Å². The van der Waals surface area contributed by atoms with E-state index in [2.05, 4.69) is 15.5 Å². The Balaban J connectivity index is 2.10. The lowest BCUT2D eigenvalue weighted by molar-refractivity contribution is 0.0976. The maximum atomic E-state index is 11.9. The van der Waals surface area contributed by atoms with Crippen molar-refractivity contribution in [3.63, 3.8) is 0 Å². The number of hydrogen-bond acceptors (Lipinski definition) is 3. The van der Waals surface area contributed by atoms with Crippen molar-refractivity contribution in [2.45, 2.75) is 6.92 Å². The van der Waals surface area contributed by atoms with Gasteiger partial charge in [0.25, 0.3) is 5.91 Å². The molecular weight excluding hydrogens is 278 g/mol. The van der Waals surface area contributed by atoms with Crippen molar-refractivity contribution in [3.05, 3.63) is 53.9 Å². The van der Waals surface area contributed by atoms with Crippen LogP contribution in [0.2, 0.25) is 0 Å². The highest BCUT2D eigenvalue weighted by Gasteiger charge is 2.11. The van der Waals surface area contributed by atoms with Crippen molar-refractivity contribution in [2.75, 3.05) is 0 Å². The van der Waals surface area contributed by atoms with E-state index in [9.17, 15) is 4.79 Å². The SMILES string of the molecule is Cc1n[nH]cc1-c1cccc2cc(C(=O)NC(=N)N)ccc12. The number of carbonyl (C=O) groups is 1. The molecule has 6 nitrogen and oxygen atoms in total. The highest BCUT2D eigenvalue weighted by atomic mass is 16.1. The first-order valence-corrected chi connectivity index (χ1v) is 6.75. The summed E-state index contributed by atoms with van der Waals surface area (Å²) in [4.78, 5) is 11.9. The van der Waals surface area contributed by atoms with Gasteiger partial charge in [-0.05, 0) is 35.4 Å². The summed E-state index contributed by atoms with van der Waals surface area (Å²) >= 11 is 0. The van der Waals surface area contributed by atoms with E-state index in [0.717, 1.165) is 27.6 Å². The molecule has 5 N–H and O–H groups in total. The predicted molar refractivity (Wildman–Crippen MR) is 85.6 cm³/mol. The fourth-order valence-corrected chi connectivity index (χ4v) is 2.49. The van der Waals surface area contributed by atoms with Gasteiger partial charge in [0.15, 0.2) is 5.96 Å². The third-order valence-electron chi connectivity index (χ3n) is 3.51. The minimum atomic E-state index is -0.390. The topological polar surface area (TPSA) is 108 Å². The van der Waals surface area contributed by atoms with Crippen LogP contribution in [0, 0.1) is 12.3 Å². The fraction of sp³-hybridized carbons (Fsp3) is 0.0625. The molecule has 0 atom stereocenters. The molecule has 0 spiro atoms. The Morgan fingerprint density at radius 2 is 2.09 bits per heavy atom. The zero-order valence-electron chi connectivity index (χ0n) is 12.0. The van der Waals surface area contributed by atoms with E-state index in [1.807, 2.05) is 37.4 Å². The van der Waals surface area contributed by atoms with Gasteiger partial charge in [-0.3, -0.25) is 20.6 Å². The fourth-order valence-electron chi connectivity index (χ4n) is 2.49. The summed E-state index contributed by atoms with van der Waals surface area (Å²) in [6.07, 6.45) is 1.86. The smallest absolute Gasteiger partial charge is 0.257 e. The Morgan fingerprint density at radius 3 is 2.77 bits per heavy atom. The number of amides is 1. The summed E-state index contributed by atoms with van der Waals surface area (Å²) in [6, 6.07) is 11.3. The van der Waals surface area contributed by atoms with Crippen LogP contribution in [0.5, 0.6) is 0 Å². The lowest BCUT2D eigenvalue weighted by Crippen LogP contribution is -2.35. The summed E-state index contributed by atoms with van der Waals surface area (Å²) in [5.74, 6) is -0.757. The lowest BCUT2D eigenvalue weighted by atomic mass is 9.97. The molecule has 0 aliphatic carbocycles. The minimum absolute atomic E-state index is 0.368. The molecule has 3 aromatic rings. The number of fused-ring (bicyclic) bond motifs is 1. The first-order chi connectivity index (χ1) is 10.6. The van der Waals surface area contributed by atoms with Crippen molar-refractivity contribution < 1.29 is 4.79 Å². The second-order valence-electron chi connectivity index (χ2n) is 4.99. The van der Waals surface area contributed by atoms with E-state index in [1.165, 1.54) is 0 Å². The molecule has 3 rings (SSSR count). The molecule has 0 saturated heterocycles. The van der Waals surface area contributed by atoms with Gasteiger partial charge in [0.2, 0.25) is 0 Å². The molecule has 0 aliphatic rings. The molecule has 0 saturated carbocycles. The number of H-pyrrole nitrogens is 1. The average Bonchev–Trinajstić information content (AvgIpc) is 2.91. The number of aromatic amines is 1. The number of benzene rings is 2. The number of rotatable bonds is 2. The normalized spacial score (nSPS) is 10.6. The van der Waals surface area contributed by atoms with Gasteiger partial charge in [-0.15, -0.1) is 0 Å². The molecule has 0 bridgehead atoms. The lowest BCUT2D eigenvalue weighted by Gasteiger charge is -2.08. The molecule has 0 aliphatic heterocycles. The van der Waals surface area contributed by atoms with Gasteiger partial charge >= 0.3 is 0 Å². The number of nitrogens with one attached hydrogen (secondary N) is 3. The molecule has 1 amide bonds. The quantitative estimate of drug-likeness (QED) is 0.429. The molecule has 1 heterocycles. The minimum Gasteiger partial charge on any atom is -0.370 e. The van der Waals surface area contributed by atoms with Crippen molar-refractivity contribution in [1.29, 1.82) is 5.41 Å². The second kappa shape index (κ2) is 5.33. The summed E-state index contributed by atoms with van der Waals surface area (Å²) in [6.45, 7) is 1.94. The third kappa shape index (κ3) is 2.42. The Kier molecular flexibility index (Phi) is 3.34. The van der Waals surface area contributed by atoms with Crippen LogP contribution in [-0.2, 0) is 0 Å². The Bertz CT molecular complexity index is 881. The molecule has 110 valence electrons. The molecule has 0 unspecified atom stereocenters. The van der Waals surface area contributed by atoms with E-state index in [-0.39, 0.29) is 11.9 Å². The Labute approximate surface area is 126 Å². The van der Waals surface area contributed by atoms with Crippen LogP contribution in [0.1, 0.15) is 16.1 Å². The molecule has 0 fully saturated rings. The van der Waals surface area contributed by atoms with E-state index in [4.69, 9.17) is 11.1 Å². The van der Waals surface area contributed by atoms with E-state index in [1.54, 1.807) is 12.1 Å². The number of guanidine groups is 1. The summed E-state index contributed by atoms with van der Waals surface area (Å²) in [5.41, 5.74) is 8.66. The van der Waals surface area contributed by atoms with Gasteiger partial charge in [-0.1, -0.05) is 24.3 Å². The highest BCUT2D eigenvalue weighted by molar-refractivity contribution is 6.07. The van der Waals surface area contributed by atoms with Gasteiger partial charge < -0.3 is 5.73 Å². The zero-order valence-corrected chi connectivity index (χ0v) is 12.0. The van der Waals surface area contributed by atoms with E-state index in [0.29, 0.717) is 5.56 Å². The van der Waals surface area contributed by atoms with Crippen LogP contribution in [0.15, 0.2) is 42.6 Å². The number of aromatic nitrogens is 2. The van der Waals surface area contributed by atoms with E-state index < -0.39 is 0 Å². The van der Waals surface area contributed by atoms with Crippen LogP contribution in [0.4, 0.5) is 0 Å². The van der Waals surface area contributed by atoms with Gasteiger partial charge in [-0.2, -0.15) is 5.10 Å². The average molecular weight is 293 g/mol. The molecule has 6 heteroatoms. The first-order valence-electron chi connectivity index (χ1n) is 6.75. The summed E-state index contributed by atoms with van der Waals surface area (Å²) < 4.78 is 0. The zero-order chi connectivity index (χ0) is 15.7. The van der Waals surface area contributed by atoms with Crippen molar-refractivity contribution in [2.24, 2.45) is 5.73 Å². The number of hydrogen-bond donors (Lipinski definition) is 4. The monoisotopic (exact) mass is 293 g/mol. The molecule has 22 heavy (non-hydrogen) atoms. The van der Waals surface area contributed by atoms with Gasteiger partial charge in [0.1, 0.15) is 0 Å². The standard InChI is InChI=1S/C16H15N5O/c1-9-14(8-19-21-9)13-4-2-3-10-7-11(5-6-12(10)13)15(22)20-16(17)18/h2-8H,1H3,(H,19,21)(H4,17,18,20,22). The van der Waals surface area contributed by atoms with Gasteiger partial charge in [0.05, 0.1) is 5.69 Å². The van der Waals surface area contributed by atoms with Crippen molar-refractivity contribution in [3.8, 4) is 11.1 Å². The third-order valence-corrected chi connectivity index (χ3v) is 3.51. The maximum absolute atomic E-state index is 11.9. The number of aryl methyl sites for hydroxylation is 1. The first kappa shape index (κ1) is 13.8. The second-order valence-corrected chi connectivity index (χ2v) is 4.99. The number of carbonyl (C=O) groups excluding carboxylic acids is 1. The maximum Gasteiger partial charge on any atom is 0.257 e. The molecule has 2 aromatic carbocycles. The van der Waals surface area contributed by atoms with E-state index >= 15 is 0 Å². The van der Waals surface area contributed by atoms with Crippen molar-refractivity contribution >= 4 is 22.6 Å². The summed E-state index contributed by atoms with van der Waals surface area (Å²) in [7, 11) is 0. The van der Waals surface area contributed by atoms with Crippen LogP contribution < -0.4 is 11.1 Å². The Morgan fingerprint density at radius 1 is 1.27 bits per heavy atom. The molecule has 1 aromatic heterocycles. The largest absolute Gasteiger partial charge is 0.370 e. The predicted octanol–water partition coefficient (Wildman–Crippen LogP) is 2.16. The summed E-state index contributed by atoms with van der Waals surface area (Å²) in [5, 5.41) is 18.4. The van der Waals surface area contributed by atoms with Crippen molar-refractivity contribution in [1.82, 2.24) is 15.5 Å². The van der Waals surface area contributed by atoms with Gasteiger partial charge in [-0.25, -0.2) is 0 Å². The van der Waals surface area contributed by atoms with Gasteiger partial charge in [0, 0.05) is 17.3 Å². The van der Waals surface area contributed by atoms with Crippen LogP contribution in [-0.4, -0.2) is 22.1 Å². The molecular formula is C16H15N5O. The Hall–Kier alpha value is -3.15.